The number of aliphatic hydroxyl groups is 4. The van der Waals surface area contributed by atoms with E-state index in [1.54, 1.807) is 45.3 Å². The maximum Gasteiger partial charge on any atom is 0.341 e. The van der Waals surface area contributed by atoms with Gasteiger partial charge in [0.25, 0.3) is 0 Å². The lowest BCUT2D eigenvalue weighted by atomic mass is 9.77. The molecule has 4 heterocycles. The number of aromatic nitrogens is 1. The van der Waals surface area contributed by atoms with Gasteiger partial charge in [-0.05, 0) is 132 Å². The fraction of sp³-hybridized carbons (Fsp3) is 0.793. The minimum atomic E-state index is -1.86. The molecule has 0 unspecified atom stereocenters. The van der Waals surface area contributed by atoms with Crippen molar-refractivity contribution in [2.45, 2.75) is 218 Å². The van der Waals surface area contributed by atoms with Gasteiger partial charge < -0.3 is 83.1 Å². The molecule has 3 aliphatic heterocycles. The van der Waals surface area contributed by atoms with Crippen LogP contribution in [0.25, 0.3) is 10.9 Å². The Balaban J connectivity index is 1.26. The minimum Gasteiger partial charge on any atom is -0.477 e. The third-order valence-corrected chi connectivity index (χ3v) is 16.9. The lowest BCUT2D eigenvalue weighted by Gasteiger charge is -2.49. The Hall–Kier alpha value is -3.68. The molecule has 0 bridgehead atoms. The highest BCUT2D eigenvalue weighted by Crippen LogP contribution is 2.40. The number of aryl methyl sites for hydroxylation is 2. The molecule has 3 saturated heterocycles. The van der Waals surface area contributed by atoms with Crippen molar-refractivity contribution in [1.82, 2.24) is 19.7 Å². The Morgan fingerprint density at radius 2 is 1.59 bits per heavy atom. The second-order valence-electron chi connectivity index (χ2n) is 23.7. The molecule has 1 amide bonds. The molecule has 18 atom stereocenters. The van der Waals surface area contributed by atoms with Gasteiger partial charge >= 0.3 is 11.9 Å². The SMILES string of the molecule is CC[C@H]1OC(=O)[C@H](C)[C@@H](O[C@H]2C[C@@](C)(OC)[C@H](NC(=O)CCOCCOCCCc3ccc4c(c3)c(=O)c(C(=O)O)cn4CC)[C@H](C)O2)[C@H](C)[C@@H](O[C@@H]2O[C@H](C)C[C@H](N(C)C)[C@H]2O)[C@](C)(O)C[C@@H](C)CN(C)[C@H](C)[C@@H](O)[C@]1(C)O. The van der Waals surface area contributed by atoms with E-state index in [0.717, 1.165) is 5.56 Å². The van der Waals surface area contributed by atoms with E-state index in [9.17, 15) is 44.7 Å². The van der Waals surface area contributed by atoms with E-state index >= 15 is 0 Å². The van der Waals surface area contributed by atoms with E-state index in [4.69, 9.17) is 37.9 Å². The van der Waals surface area contributed by atoms with Crippen molar-refractivity contribution < 1.29 is 77.8 Å². The maximum absolute atomic E-state index is 14.6. The third-order valence-electron chi connectivity index (χ3n) is 16.9. The van der Waals surface area contributed by atoms with Gasteiger partial charge in [-0.15, -0.1) is 0 Å². The van der Waals surface area contributed by atoms with Crippen molar-refractivity contribution in [2.75, 3.05) is 61.2 Å². The number of benzene rings is 1. The molecular weight excluding hydrogens is 1020 g/mol. The lowest BCUT2D eigenvalue weighted by molar-refractivity contribution is -0.311. The molecule has 5 rings (SSSR count). The normalized spacial score (nSPS) is 36.6. The molecule has 21 heteroatoms. The number of carboxylic acid groups (broad SMARTS) is 1. The standard InChI is InChI=1S/C58H96N4O17/c1-16-44-58(11,71)51(66)37(7)61(14)31-33(3)29-56(9,70)52(79-55-48(65)43(60(12)13)27-34(4)75-55)35(5)49(36(6)54(69)77-44)78-46-30-57(10,72-15)50(38(8)76-46)59-45(63)22-24-74-26-25-73-23-18-19-39-20-21-42-40(28-39)47(64)41(53(67)68)32-62(42)17-2/h20-21,28,32-38,43-44,46,48-52,55,65-66,70-71H,16-19,22-27,29-31H2,1-15H3,(H,59,63)(H,67,68)/t33-,34-,35+,36-,37-,38+,43+,44-,46+,48-,49+,50-,51-,52-,55+,56-,57-,58-/m1/s1. The molecule has 450 valence electrons. The number of hydrogen-bond acceptors (Lipinski definition) is 18. The van der Waals surface area contributed by atoms with Crippen molar-refractivity contribution in [2.24, 2.45) is 17.8 Å². The number of likely N-dealkylation sites (N-methyl/N-ethyl adjacent to an activating group) is 2. The van der Waals surface area contributed by atoms with Gasteiger partial charge in [-0.25, -0.2) is 4.79 Å². The molecule has 3 aliphatic rings. The number of ether oxygens (including phenoxy) is 8. The fourth-order valence-electron chi connectivity index (χ4n) is 12.1. The molecule has 6 N–H and O–H groups in total. The van der Waals surface area contributed by atoms with Crippen LogP contribution >= 0.6 is 0 Å². The minimum absolute atomic E-state index is 0.0404. The highest BCUT2D eigenvalue weighted by atomic mass is 16.7. The maximum atomic E-state index is 14.6. The van der Waals surface area contributed by atoms with Crippen LogP contribution in [0.4, 0.5) is 0 Å². The summed E-state index contributed by atoms with van der Waals surface area (Å²) in [5.74, 6) is -4.39. The van der Waals surface area contributed by atoms with Crippen molar-refractivity contribution in [3.8, 4) is 0 Å². The highest BCUT2D eigenvalue weighted by molar-refractivity contribution is 5.92. The molecule has 0 aliphatic carbocycles. The molecule has 1 aromatic carbocycles. The number of aromatic carboxylic acids is 1. The number of aliphatic hydroxyl groups excluding tert-OH is 2. The number of carbonyl (C=O) groups is 3. The molecule has 0 spiro atoms. The number of esters is 1. The first kappa shape index (κ1) is 66.1. The summed E-state index contributed by atoms with van der Waals surface area (Å²) < 4.78 is 52.2. The Morgan fingerprint density at radius 1 is 0.924 bits per heavy atom. The van der Waals surface area contributed by atoms with Crippen LogP contribution < -0.4 is 10.7 Å². The number of amides is 1. The van der Waals surface area contributed by atoms with Crippen LogP contribution in [-0.4, -0.2) is 209 Å². The summed E-state index contributed by atoms with van der Waals surface area (Å²) in [6, 6.07) is 3.97. The van der Waals surface area contributed by atoms with Crippen LogP contribution in [-0.2, 0) is 60.4 Å². The molecule has 3 fully saturated rings. The monoisotopic (exact) mass is 1120 g/mol. The van der Waals surface area contributed by atoms with Crippen LogP contribution in [0.3, 0.4) is 0 Å². The van der Waals surface area contributed by atoms with Crippen LogP contribution in [0.2, 0.25) is 0 Å². The fourth-order valence-corrected chi connectivity index (χ4v) is 12.1. The quantitative estimate of drug-likeness (QED) is 0.0805. The second-order valence-corrected chi connectivity index (χ2v) is 23.7. The summed E-state index contributed by atoms with van der Waals surface area (Å²) in [7, 11) is 7.12. The largest absolute Gasteiger partial charge is 0.477 e. The van der Waals surface area contributed by atoms with Crippen molar-refractivity contribution in [1.29, 1.82) is 0 Å². The number of methoxy groups -OCH3 is 1. The summed E-state index contributed by atoms with van der Waals surface area (Å²) in [6.45, 7) is 21.6. The van der Waals surface area contributed by atoms with Gasteiger partial charge in [0.05, 0.1) is 72.9 Å². The zero-order valence-electron chi connectivity index (χ0n) is 49.6. The molecular formula is C58H96N4O17. The molecule has 0 radical (unpaired) electrons. The number of pyridine rings is 1. The summed E-state index contributed by atoms with van der Waals surface area (Å²) >= 11 is 0. The lowest BCUT2D eigenvalue weighted by Crippen LogP contribution is -2.64. The second kappa shape index (κ2) is 28.5. The van der Waals surface area contributed by atoms with E-state index in [1.165, 1.54) is 20.2 Å². The summed E-state index contributed by atoms with van der Waals surface area (Å²) in [5.41, 5.74) is -3.73. The topological polar surface area (TPSA) is 267 Å². The molecule has 2 aromatic rings. The predicted molar refractivity (Wildman–Crippen MR) is 296 cm³/mol. The van der Waals surface area contributed by atoms with Gasteiger partial charge in [-0.1, -0.05) is 26.8 Å². The smallest absolute Gasteiger partial charge is 0.341 e. The zero-order valence-corrected chi connectivity index (χ0v) is 49.6. The van der Waals surface area contributed by atoms with Gasteiger partial charge in [0, 0.05) is 69.2 Å². The highest BCUT2D eigenvalue weighted by Gasteiger charge is 2.53. The number of carboxylic acids is 1. The van der Waals surface area contributed by atoms with Crippen molar-refractivity contribution in [3.63, 3.8) is 0 Å². The number of cyclic esters (lactones) is 1. The summed E-state index contributed by atoms with van der Waals surface area (Å²) in [5, 5.41) is 61.1. The van der Waals surface area contributed by atoms with Gasteiger partial charge in [-0.3, -0.25) is 14.4 Å². The summed E-state index contributed by atoms with van der Waals surface area (Å²) in [4.78, 5) is 56.5. The van der Waals surface area contributed by atoms with E-state index in [1.807, 2.05) is 77.7 Å². The van der Waals surface area contributed by atoms with Crippen LogP contribution in [0.5, 0.6) is 0 Å². The first-order valence-electron chi connectivity index (χ1n) is 28.4. The predicted octanol–water partition coefficient (Wildman–Crippen LogP) is 4.11. The summed E-state index contributed by atoms with van der Waals surface area (Å²) in [6.07, 6.45) is -5.24. The van der Waals surface area contributed by atoms with Gasteiger partial charge in [0.1, 0.15) is 29.5 Å². The van der Waals surface area contributed by atoms with Gasteiger partial charge in [0.15, 0.2) is 12.6 Å². The van der Waals surface area contributed by atoms with E-state index in [0.29, 0.717) is 56.5 Å². The first-order valence-corrected chi connectivity index (χ1v) is 28.4. The third kappa shape index (κ3) is 16.3. The average molecular weight is 1120 g/mol. The molecule has 1 aromatic heterocycles. The van der Waals surface area contributed by atoms with E-state index in [2.05, 4.69) is 5.32 Å². The number of rotatable bonds is 20. The molecule has 0 saturated carbocycles. The van der Waals surface area contributed by atoms with E-state index < -0.39 is 107 Å². The number of hydrogen-bond donors (Lipinski definition) is 6. The van der Waals surface area contributed by atoms with Gasteiger partial charge in [0.2, 0.25) is 11.3 Å². The van der Waals surface area contributed by atoms with Crippen molar-refractivity contribution >= 4 is 28.7 Å². The van der Waals surface area contributed by atoms with Crippen LogP contribution in [0.1, 0.15) is 131 Å². The molecule has 21 nitrogen and oxygen atoms in total. The number of carbonyl (C=O) groups excluding carboxylic acids is 2. The Kier molecular flexibility index (Phi) is 23.9. The average Bonchev–Trinajstić information content (AvgIpc) is 3.40. The molecule has 79 heavy (non-hydrogen) atoms. The number of nitrogens with one attached hydrogen (secondary N) is 1. The van der Waals surface area contributed by atoms with E-state index in [-0.39, 0.29) is 68.4 Å². The Labute approximate surface area is 467 Å². The Bertz CT molecular complexity index is 2370. The first-order chi connectivity index (χ1) is 37.0. The van der Waals surface area contributed by atoms with Crippen molar-refractivity contribution in [3.05, 3.63) is 45.7 Å². The van der Waals surface area contributed by atoms with Gasteiger partial charge in [-0.2, -0.15) is 0 Å². The number of nitrogens with zero attached hydrogens (tertiary/aromatic N) is 3. The zero-order chi connectivity index (χ0) is 58.9. The Morgan fingerprint density at radius 3 is 2.22 bits per heavy atom. The number of fused-ring (bicyclic) bond motifs is 1. The van der Waals surface area contributed by atoms with Crippen LogP contribution in [0.15, 0.2) is 29.2 Å². The van der Waals surface area contributed by atoms with Crippen LogP contribution in [0, 0.1) is 17.8 Å².